The van der Waals surface area contributed by atoms with Crippen LogP contribution in [0, 0.1) is 6.92 Å². The number of hydrogen-bond acceptors (Lipinski definition) is 3. The zero-order valence-corrected chi connectivity index (χ0v) is 21.8. The lowest BCUT2D eigenvalue weighted by atomic mass is 10.0. The third-order valence-electron chi connectivity index (χ3n) is 6.74. The number of rotatable bonds is 6. The van der Waals surface area contributed by atoms with Crippen molar-refractivity contribution < 1.29 is 8.42 Å². The molecule has 1 saturated heterocycles. The molecule has 1 aliphatic rings. The highest BCUT2D eigenvalue weighted by Gasteiger charge is 2.36. The first-order valence-corrected chi connectivity index (χ1v) is 13.9. The molecular weight excluding hydrogens is 488 g/mol. The molecule has 184 valence electrons. The predicted molar refractivity (Wildman–Crippen MR) is 146 cm³/mol. The van der Waals surface area contributed by atoms with Gasteiger partial charge >= 0.3 is 0 Å². The summed E-state index contributed by atoms with van der Waals surface area (Å²) in [7, 11) is -3.61. The van der Waals surface area contributed by atoms with Gasteiger partial charge in [-0.05, 0) is 47.9 Å². The number of halogens is 1. The van der Waals surface area contributed by atoms with Crippen molar-refractivity contribution in [1.82, 2.24) is 9.21 Å². The summed E-state index contributed by atoms with van der Waals surface area (Å²) in [4.78, 5) is 2.67. The van der Waals surface area contributed by atoms with E-state index in [-0.39, 0.29) is 6.04 Å². The van der Waals surface area contributed by atoms with Crippen molar-refractivity contribution in [2.24, 2.45) is 0 Å². The average Bonchev–Trinajstić information content (AvgIpc) is 2.91. The van der Waals surface area contributed by atoms with E-state index in [1.165, 1.54) is 11.1 Å². The highest BCUT2D eigenvalue weighted by molar-refractivity contribution is 7.89. The van der Waals surface area contributed by atoms with Crippen molar-refractivity contribution >= 4 is 21.6 Å². The van der Waals surface area contributed by atoms with Gasteiger partial charge < -0.3 is 0 Å². The summed E-state index contributed by atoms with van der Waals surface area (Å²) in [6.45, 7) is 4.55. The molecule has 0 amide bonds. The molecule has 1 unspecified atom stereocenters. The van der Waals surface area contributed by atoms with Crippen LogP contribution in [0.25, 0.3) is 11.1 Å². The van der Waals surface area contributed by atoms with Gasteiger partial charge in [0.1, 0.15) is 0 Å². The van der Waals surface area contributed by atoms with Crippen molar-refractivity contribution in [1.29, 1.82) is 0 Å². The highest BCUT2D eigenvalue weighted by atomic mass is 35.5. The van der Waals surface area contributed by atoms with E-state index in [1.807, 2.05) is 48.5 Å². The standard InChI is InChI=1S/C30H29ClN2O2S/c1-23-12-17-29(31)28(20-23)25-15-13-24(14-16-25)21-32-18-19-33(30(22-32)26-8-4-2-5-9-26)36(34,35)27-10-6-3-7-11-27/h2-17,20,30H,18-19,21-22H2,1H3. The van der Waals surface area contributed by atoms with E-state index in [0.717, 1.165) is 28.3 Å². The van der Waals surface area contributed by atoms with Gasteiger partial charge in [-0.15, -0.1) is 0 Å². The number of nitrogens with zero attached hydrogens (tertiary/aromatic N) is 2. The third-order valence-corrected chi connectivity index (χ3v) is 8.99. The van der Waals surface area contributed by atoms with E-state index in [1.54, 1.807) is 28.6 Å². The summed E-state index contributed by atoms with van der Waals surface area (Å²) in [5, 5.41) is 0.745. The third kappa shape index (κ3) is 5.25. The highest BCUT2D eigenvalue weighted by Crippen LogP contribution is 2.33. The zero-order chi connectivity index (χ0) is 25.1. The van der Waals surface area contributed by atoms with Gasteiger partial charge in [0.25, 0.3) is 0 Å². The van der Waals surface area contributed by atoms with Crippen LogP contribution in [0.5, 0.6) is 0 Å². The second kappa shape index (κ2) is 10.6. The van der Waals surface area contributed by atoms with Crippen molar-refractivity contribution in [3.63, 3.8) is 0 Å². The lowest BCUT2D eigenvalue weighted by Crippen LogP contribution is -2.50. The largest absolute Gasteiger partial charge is 0.296 e. The molecule has 4 aromatic rings. The van der Waals surface area contributed by atoms with Gasteiger partial charge in [-0.2, -0.15) is 4.31 Å². The molecule has 1 heterocycles. The van der Waals surface area contributed by atoms with Crippen LogP contribution < -0.4 is 0 Å². The van der Waals surface area contributed by atoms with E-state index >= 15 is 0 Å². The molecule has 0 bridgehead atoms. The Bertz CT molecular complexity index is 1430. The minimum Gasteiger partial charge on any atom is -0.296 e. The topological polar surface area (TPSA) is 40.6 Å². The summed E-state index contributed by atoms with van der Waals surface area (Å²) in [5.74, 6) is 0. The molecule has 4 aromatic carbocycles. The molecule has 6 heteroatoms. The van der Waals surface area contributed by atoms with Gasteiger partial charge in [0, 0.05) is 36.8 Å². The normalized spacial score (nSPS) is 17.2. The quantitative estimate of drug-likeness (QED) is 0.291. The Labute approximate surface area is 218 Å². The molecule has 0 N–H and O–H groups in total. The van der Waals surface area contributed by atoms with Crippen LogP contribution in [0.1, 0.15) is 22.7 Å². The molecule has 1 atom stereocenters. The lowest BCUT2D eigenvalue weighted by molar-refractivity contribution is 0.129. The number of aryl methyl sites for hydroxylation is 1. The molecule has 5 rings (SSSR count). The smallest absolute Gasteiger partial charge is 0.243 e. The van der Waals surface area contributed by atoms with Gasteiger partial charge in [0.2, 0.25) is 10.0 Å². The lowest BCUT2D eigenvalue weighted by Gasteiger charge is -2.41. The minimum absolute atomic E-state index is 0.254. The SMILES string of the molecule is Cc1ccc(Cl)c(-c2ccc(CN3CCN(S(=O)(=O)c4ccccc4)C(c4ccccc4)C3)cc2)c1. The Hall–Kier alpha value is -2.96. The van der Waals surface area contributed by atoms with E-state index < -0.39 is 10.0 Å². The fraction of sp³-hybridized carbons (Fsp3) is 0.200. The van der Waals surface area contributed by atoms with Crippen molar-refractivity contribution in [3.8, 4) is 11.1 Å². The summed E-state index contributed by atoms with van der Waals surface area (Å²) in [6.07, 6.45) is 0. The summed E-state index contributed by atoms with van der Waals surface area (Å²) < 4.78 is 28.8. The van der Waals surface area contributed by atoms with Gasteiger partial charge in [0.05, 0.1) is 10.9 Å². The van der Waals surface area contributed by atoms with Gasteiger partial charge in [-0.3, -0.25) is 4.90 Å². The maximum Gasteiger partial charge on any atom is 0.243 e. The molecule has 0 spiro atoms. The van der Waals surface area contributed by atoms with Crippen LogP contribution in [0.15, 0.2) is 108 Å². The van der Waals surface area contributed by atoms with E-state index in [9.17, 15) is 8.42 Å². The minimum atomic E-state index is -3.61. The monoisotopic (exact) mass is 516 g/mol. The van der Waals surface area contributed by atoms with E-state index in [2.05, 4.69) is 42.2 Å². The first-order valence-electron chi connectivity index (χ1n) is 12.1. The molecule has 0 saturated carbocycles. The Morgan fingerprint density at radius 3 is 2.19 bits per heavy atom. The van der Waals surface area contributed by atoms with Crippen molar-refractivity contribution in [2.75, 3.05) is 19.6 Å². The Morgan fingerprint density at radius 1 is 0.833 bits per heavy atom. The van der Waals surface area contributed by atoms with Crippen LogP contribution in [-0.4, -0.2) is 37.3 Å². The first-order chi connectivity index (χ1) is 17.4. The number of piperazine rings is 1. The predicted octanol–water partition coefficient (Wildman–Crippen LogP) is 6.56. The summed E-state index contributed by atoms with van der Waals surface area (Å²) in [6, 6.07) is 33.0. The Kier molecular flexibility index (Phi) is 7.26. The van der Waals surface area contributed by atoms with E-state index in [4.69, 9.17) is 11.6 Å². The molecule has 0 radical (unpaired) electrons. The molecule has 0 aliphatic carbocycles. The molecule has 1 fully saturated rings. The molecule has 0 aromatic heterocycles. The average molecular weight is 517 g/mol. The van der Waals surface area contributed by atoms with Crippen LogP contribution in [-0.2, 0) is 16.6 Å². The number of hydrogen-bond donors (Lipinski definition) is 0. The number of benzene rings is 4. The van der Waals surface area contributed by atoms with Crippen molar-refractivity contribution in [3.05, 3.63) is 125 Å². The maximum absolute atomic E-state index is 13.6. The first kappa shape index (κ1) is 24.7. The van der Waals surface area contributed by atoms with Crippen LogP contribution in [0.4, 0.5) is 0 Å². The second-order valence-electron chi connectivity index (χ2n) is 9.27. The zero-order valence-electron chi connectivity index (χ0n) is 20.2. The van der Waals surface area contributed by atoms with Crippen LogP contribution >= 0.6 is 11.6 Å². The van der Waals surface area contributed by atoms with Crippen LogP contribution in [0.3, 0.4) is 0 Å². The molecular formula is C30H29ClN2O2S. The van der Waals surface area contributed by atoms with Crippen molar-refractivity contribution in [2.45, 2.75) is 24.4 Å². The fourth-order valence-electron chi connectivity index (χ4n) is 4.84. The van der Waals surface area contributed by atoms with E-state index in [0.29, 0.717) is 24.5 Å². The Morgan fingerprint density at radius 2 is 1.50 bits per heavy atom. The maximum atomic E-state index is 13.6. The molecule has 4 nitrogen and oxygen atoms in total. The number of sulfonamides is 1. The molecule has 36 heavy (non-hydrogen) atoms. The van der Waals surface area contributed by atoms with Gasteiger partial charge in [-0.1, -0.05) is 96.0 Å². The van der Waals surface area contributed by atoms with Gasteiger partial charge in [0.15, 0.2) is 0 Å². The second-order valence-corrected chi connectivity index (χ2v) is 11.6. The fourth-order valence-corrected chi connectivity index (χ4v) is 6.68. The summed E-state index contributed by atoms with van der Waals surface area (Å²) >= 11 is 6.43. The molecule has 1 aliphatic heterocycles. The Balaban J connectivity index is 1.37. The van der Waals surface area contributed by atoms with Crippen LogP contribution in [0.2, 0.25) is 5.02 Å². The van der Waals surface area contributed by atoms with Gasteiger partial charge in [-0.25, -0.2) is 8.42 Å². The summed E-state index contributed by atoms with van der Waals surface area (Å²) in [5.41, 5.74) is 5.49.